The Morgan fingerprint density at radius 3 is 2.64 bits per heavy atom. The third kappa shape index (κ3) is 4.95. The number of nitrogens with zero attached hydrogens (tertiary/aromatic N) is 1. The van der Waals surface area contributed by atoms with Crippen LogP contribution in [-0.2, 0) is 4.79 Å². The van der Waals surface area contributed by atoms with E-state index in [2.05, 4.69) is 5.32 Å². The molecule has 116 valence electrons. The molecule has 0 radical (unpaired) electrons. The minimum atomic E-state index is -0.659. The van der Waals surface area contributed by atoms with Crippen LogP contribution in [0.3, 0.4) is 0 Å². The Hall–Kier alpha value is -2.24. The number of anilines is 1. The predicted molar refractivity (Wildman–Crippen MR) is 83.9 cm³/mol. The number of aliphatic hydroxyl groups excluding tert-OH is 1. The first-order valence-electron chi connectivity index (χ1n) is 7.01. The zero-order valence-electron chi connectivity index (χ0n) is 12.4. The molecule has 0 aliphatic carbocycles. The number of likely N-dealkylation sites (N-methyl/N-ethyl adjacent to an activating group) is 1. The molecule has 2 rings (SSSR count). The molecule has 0 saturated heterocycles. The molecule has 1 amide bonds. The Bertz CT molecular complexity index is 619. The van der Waals surface area contributed by atoms with Gasteiger partial charge in [-0.25, -0.2) is 4.39 Å². The number of hydrogen-bond donors (Lipinski definition) is 2. The average molecular weight is 302 g/mol. The van der Waals surface area contributed by atoms with Gasteiger partial charge in [-0.05, 0) is 30.8 Å². The molecule has 0 bridgehead atoms. The number of halogens is 1. The third-order valence-corrected chi connectivity index (χ3v) is 3.19. The predicted octanol–water partition coefficient (Wildman–Crippen LogP) is 2.43. The average Bonchev–Trinajstić information content (AvgIpc) is 2.47. The number of carbonyl (C=O) groups excluding carboxylic acids is 1. The van der Waals surface area contributed by atoms with Crippen LogP contribution < -0.4 is 5.32 Å². The summed E-state index contributed by atoms with van der Waals surface area (Å²) in [7, 11) is 1.75. The number of nitrogens with one attached hydrogen (secondary N) is 1. The molecule has 0 fully saturated rings. The summed E-state index contributed by atoms with van der Waals surface area (Å²) in [6, 6.07) is 15.0. The molecule has 1 atom stereocenters. The molecule has 5 heteroatoms. The van der Waals surface area contributed by atoms with Crippen LogP contribution in [-0.4, -0.2) is 36.1 Å². The molecule has 0 saturated carbocycles. The Morgan fingerprint density at radius 1 is 1.23 bits per heavy atom. The van der Waals surface area contributed by atoms with Crippen LogP contribution >= 0.6 is 0 Å². The number of benzene rings is 2. The third-order valence-electron chi connectivity index (χ3n) is 3.19. The van der Waals surface area contributed by atoms with E-state index in [9.17, 15) is 14.3 Å². The van der Waals surface area contributed by atoms with Crippen molar-refractivity contribution in [3.05, 3.63) is 66.0 Å². The highest BCUT2D eigenvalue weighted by Gasteiger charge is 2.13. The second-order valence-corrected chi connectivity index (χ2v) is 5.18. The van der Waals surface area contributed by atoms with Gasteiger partial charge in [0.25, 0.3) is 0 Å². The largest absolute Gasteiger partial charge is 0.387 e. The van der Waals surface area contributed by atoms with Gasteiger partial charge in [0.2, 0.25) is 5.91 Å². The molecule has 4 nitrogen and oxygen atoms in total. The number of hydrogen-bond acceptors (Lipinski definition) is 3. The fraction of sp³-hybridized carbons (Fsp3) is 0.235. The standard InChI is InChI=1S/C17H19FN2O2/c1-20(11-16(21)13-6-3-2-4-7-13)12-17(22)19-15-9-5-8-14(18)10-15/h2-10,16,21H,11-12H2,1H3,(H,19,22)/t16-/m0/s1. The van der Waals surface area contributed by atoms with E-state index in [0.29, 0.717) is 12.2 Å². The summed E-state index contributed by atoms with van der Waals surface area (Å²) in [5.41, 5.74) is 1.22. The van der Waals surface area contributed by atoms with Crippen LogP contribution in [0.4, 0.5) is 10.1 Å². The van der Waals surface area contributed by atoms with Gasteiger partial charge in [-0.2, -0.15) is 0 Å². The van der Waals surface area contributed by atoms with Gasteiger partial charge in [-0.15, -0.1) is 0 Å². The zero-order valence-corrected chi connectivity index (χ0v) is 12.4. The molecule has 0 spiro atoms. The molecule has 0 aromatic heterocycles. The SMILES string of the molecule is CN(CC(=O)Nc1cccc(F)c1)C[C@H](O)c1ccccc1. The second kappa shape index (κ2) is 7.68. The number of aliphatic hydroxyl groups is 1. The molecule has 2 aromatic carbocycles. The highest BCUT2D eigenvalue weighted by Crippen LogP contribution is 2.13. The van der Waals surface area contributed by atoms with Crippen LogP contribution in [0.5, 0.6) is 0 Å². The summed E-state index contributed by atoms with van der Waals surface area (Å²) in [5.74, 6) is -0.654. The van der Waals surface area contributed by atoms with Crippen molar-refractivity contribution >= 4 is 11.6 Å². The van der Waals surface area contributed by atoms with Crippen molar-refractivity contribution in [2.75, 3.05) is 25.5 Å². The lowest BCUT2D eigenvalue weighted by Gasteiger charge is -2.20. The van der Waals surface area contributed by atoms with Gasteiger partial charge in [0, 0.05) is 12.2 Å². The number of rotatable bonds is 6. The van der Waals surface area contributed by atoms with Crippen LogP contribution in [0.15, 0.2) is 54.6 Å². The fourth-order valence-electron chi connectivity index (χ4n) is 2.15. The first-order chi connectivity index (χ1) is 10.5. The van der Waals surface area contributed by atoms with E-state index in [0.717, 1.165) is 5.56 Å². The molecule has 0 aliphatic rings. The van der Waals surface area contributed by atoms with E-state index in [4.69, 9.17) is 0 Å². The van der Waals surface area contributed by atoms with E-state index in [1.165, 1.54) is 18.2 Å². The highest BCUT2D eigenvalue weighted by molar-refractivity contribution is 5.92. The molecule has 2 aromatic rings. The number of amides is 1. The van der Waals surface area contributed by atoms with Gasteiger partial charge in [0.15, 0.2) is 0 Å². The fourth-order valence-corrected chi connectivity index (χ4v) is 2.15. The van der Waals surface area contributed by atoms with Crippen molar-refractivity contribution in [2.24, 2.45) is 0 Å². The van der Waals surface area contributed by atoms with Crippen molar-refractivity contribution in [3.8, 4) is 0 Å². The molecule has 0 unspecified atom stereocenters. The summed E-state index contributed by atoms with van der Waals surface area (Å²) in [6.45, 7) is 0.445. The Morgan fingerprint density at radius 2 is 1.95 bits per heavy atom. The van der Waals surface area contributed by atoms with Gasteiger partial charge >= 0.3 is 0 Å². The summed E-state index contributed by atoms with van der Waals surface area (Å²) in [4.78, 5) is 13.6. The van der Waals surface area contributed by atoms with Crippen LogP contribution in [0.2, 0.25) is 0 Å². The van der Waals surface area contributed by atoms with Crippen molar-refractivity contribution in [3.63, 3.8) is 0 Å². The Balaban J connectivity index is 1.83. The summed E-state index contributed by atoms with van der Waals surface area (Å²) >= 11 is 0. The zero-order chi connectivity index (χ0) is 15.9. The van der Waals surface area contributed by atoms with Gasteiger partial charge in [-0.3, -0.25) is 9.69 Å². The highest BCUT2D eigenvalue weighted by atomic mass is 19.1. The summed E-state index contributed by atoms with van der Waals surface area (Å²) in [5, 5.41) is 12.7. The monoisotopic (exact) mass is 302 g/mol. The van der Waals surface area contributed by atoms with Gasteiger partial charge in [-0.1, -0.05) is 36.4 Å². The van der Waals surface area contributed by atoms with E-state index in [1.54, 1.807) is 18.0 Å². The molecule has 0 heterocycles. The van der Waals surface area contributed by atoms with Gasteiger partial charge in [0.1, 0.15) is 5.82 Å². The van der Waals surface area contributed by atoms with Crippen LogP contribution in [0, 0.1) is 5.82 Å². The van der Waals surface area contributed by atoms with E-state index >= 15 is 0 Å². The lowest BCUT2D eigenvalue weighted by atomic mass is 10.1. The maximum Gasteiger partial charge on any atom is 0.238 e. The Labute approximate surface area is 129 Å². The quantitative estimate of drug-likeness (QED) is 0.861. The van der Waals surface area contributed by atoms with Gasteiger partial charge in [0.05, 0.1) is 12.6 Å². The second-order valence-electron chi connectivity index (χ2n) is 5.18. The van der Waals surface area contributed by atoms with E-state index < -0.39 is 11.9 Å². The van der Waals surface area contributed by atoms with Gasteiger partial charge < -0.3 is 10.4 Å². The van der Waals surface area contributed by atoms with E-state index in [-0.39, 0.29) is 12.5 Å². The van der Waals surface area contributed by atoms with E-state index in [1.807, 2.05) is 30.3 Å². The molecule has 2 N–H and O–H groups in total. The van der Waals surface area contributed by atoms with Crippen molar-refractivity contribution < 1.29 is 14.3 Å². The first-order valence-corrected chi connectivity index (χ1v) is 7.01. The van der Waals surface area contributed by atoms with Crippen LogP contribution in [0.1, 0.15) is 11.7 Å². The lowest BCUT2D eigenvalue weighted by molar-refractivity contribution is -0.117. The maximum absolute atomic E-state index is 13.0. The molecule has 0 aliphatic heterocycles. The van der Waals surface area contributed by atoms with Crippen molar-refractivity contribution in [1.82, 2.24) is 4.90 Å². The number of carbonyl (C=O) groups is 1. The smallest absolute Gasteiger partial charge is 0.238 e. The van der Waals surface area contributed by atoms with Crippen molar-refractivity contribution in [1.29, 1.82) is 0 Å². The van der Waals surface area contributed by atoms with Crippen molar-refractivity contribution in [2.45, 2.75) is 6.10 Å². The minimum absolute atomic E-state index is 0.112. The molecule has 22 heavy (non-hydrogen) atoms. The Kier molecular flexibility index (Phi) is 5.63. The first kappa shape index (κ1) is 16.1. The lowest BCUT2D eigenvalue weighted by Crippen LogP contribution is -2.33. The maximum atomic E-state index is 13.0. The molecular formula is C17H19FN2O2. The summed E-state index contributed by atoms with van der Waals surface area (Å²) in [6.07, 6.45) is -0.659. The topological polar surface area (TPSA) is 52.6 Å². The summed E-state index contributed by atoms with van der Waals surface area (Å²) < 4.78 is 13.0. The molecular weight excluding hydrogens is 283 g/mol. The minimum Gasteiger partial charge on any atom is -0.387 e. The van der Waals surface area contributed by atoms with Crippen LogP contribution in [0.25, 0.3) is 0 Å². The normalized spacial score (nSPS) is 12.2.